The topological polar surface area (TPSA) is 23.5 Å². The molecule has 0 bridgehead atoms. The van der Waals surface area contributed by atoms with Gasteiger partial charge in [-0.2, -0.15) is 0 Å². The van der Waals surface area contributed by atoms with Crippen LogP contribution in [-0.2, 0) is 0 Å². The third-order valence-corrected chi connectivity index (χ3v) is 3.39. The molecule has 0 aliphatic heterocycles. The van der Waals surface area contributed by atoms with E-state index in [9.17, 15) is 5.11 Å². The van der Waals surface area contributed by atoms with Crippen LogP contribution in [0.3, 0.4) is 0 Å². The number of hydrogen-bond donors (Lipinski definition) is 1. The number of aliphatic hydroxyl groups excluding tert-OH is 1. The van der Waals surface area contributed by atoms with Gasteiger partial charge < -0.3 is 5.11 Å². The Kier molecular flexibility index (Phi) is 7.13. The molecule has 0 aromatic rings. The molecule has 2 atom stereocenters. The maximum absolute atomic E-state index is 9.77. The molecule has 14 heavy (non-hydrogen) atoms. The van der Waals surface area contributed by atoms with Crippen molar-refractivity contribution in [3.63, 3.8) is 0 Å². The van der Waals surface area contributed by atoms with Crippen molar-refractivity contribution in [3.8, 4) is 0 Å². The van der Waals surface area contributed by atoms with Crippen LogP contribution in [0, 0.1) is 0 Å². The summed E-state index contributed by atoms with van der Waals surface area (Å²) < 4.78 is 0. The summed E-state index contributed by atoms with van der Waals surface area (Å²) >= 11 is 11.5. The molecule has 0 amide bonds. The molecule has 2 nitrogen and oxygen atoms in total. The Morgan fingerprint density at radius 2 is 1.71 bits per heavy atom. The second kappa shape index (κ2) is 6.89. The van der Waals surface area contributed by atoms with Crippen LogP contribution in [0.2, 0.25) is 0 Å². The minimum Gasteiger partial charge on any atom is -0.391 e. The summed E-state index contributed by atoms with van der Waals surface area (Å²) in [7, 11) is 0. The van der Waals surface area contributed by atoms with E-state index in [4.69, 9.17) is 23.2 Å². The van der Waals surface area contributed by atoms with E-state index in [0.717, 1.165) is 19.5 Å². The predicted octanol–water partition coefficient (Wildman–Crippen LogP) is 2.32. The van der Waals surface area contributed by atoms with Crippen molar-refractivity contribution in [1.29, 1.82) is 0 Å². The summed E-state index contributed by atoms with van der Waals surface area (Å²) in [5.74, 6) is 1.14. The van der Waals surface area contributed by atoms with Crippen LogP contribution in [0.4, 0.5) is 0 Å². The van der Waals surface area contributed by atoms with Crippen molar-refractivity contribution >= 4 is 23.2 Å². The molecule has 1 unspecified atom stereocenters. The van der Waals surface area contributed by atoms with Gasteiger partial charge in [-0.05, 0) is 20.3 Å². The fraction of sp³-hybridized carbons (Fsp3) is 1.00. The Balaban J connectivity index is 4.55. The zero-order valence-corrected chi connectivity index (χ0v) is 10.8. The number of aliphatic hydroxyl groups is 1. The Labute approximate surface area is 97.2 Å². The minimum atomic E-state index is -0.376. The third-order valence-electron chi connectivity index (χ3n) is 3.05. The van der Waals surface area contributed by atoms with Gasteiger partial charge in [0, 0.05) is 30.4 Å². The average molecular weight is 242 g/mol. The van der Waals surface area contributed by atoms with Crippen LogP contribution >= 0.6 is 23.2 Å². The van der Waals surface area contributed by atoms with Crippen LogP contribution in [0.25, 0.3) is 0 Å². The van der Waals surface area contributed by atoms with Crippen LogP contribution < -0.4 is 0 Å². The second-order valence-electron chi connectivity index (χ2n) is 3.75. The average Bonchev–Trinajstić information content (AvgIpc) is 2.16. The third kappa shape index (κ3) is 3.58. The first-order chi connectivity index (χ1) is 6.52. The van der Waals surface area contributed by atoms with E-state index in [1.165, 1.54) is 0 Å². The van der Waals surface area contributed by atoms with Crippen molar-refractivity contribution in [3.05, 3.63) is 0 Å². The molecule has 0 spiro atoms. The molecule has 0 radical (unpaired) electrons. The molecular weight excluding hydrogens is 221 g/mol. The van der Waals surface area contributed by atoms with Crippen molar-refractivity contribution in [2.24, 2.45) is 0 Å². The summed E-state index contributed by atoms with van der Waals surface area (Å²) in [6.07, 6.45) is 0.511. The normalized spacial score (nSPS) is 18.2. The van der Waals surface area contributed by atoms with Gasteiger partial charge in [0.05, 0.1) is 6.10 Å². The lowest BCUT2D eigenvalue weighted by Gasteiger charge is -2.42. The molecule has 0 saturated heterocycles. The van der Waals surface area contributed by atoms with Crippen molar-refractivity contribution in [2.45, 2.75) is 38.8 Å². The first-order valence-corrected chi connectivity index (χ1v) is 6.14. The number of hydrogen-bond acceptors (Lipinski definition) is 2. The van der Waals surface area contributed by atoms with E-state index < -0.39 is 0 Å². The van der Waals surface area contributed by atoms with Crippen LogP contribution in [0.5, 0.6) is 0 Å². The van der Waals surface area contributed by atoms with Crippen LogP contribution in [0.15, 0.2) is 0 Å². The molecule has 4 heteroatoms. The highest BCUT2D eigenvalue weighted by atomic mass is 35.5. The highest BCUT2D eigenvalue weighted by Gasteiger charge is 2.33. The number of rotatable bonds is 7. The monoisotopic (exact) mass is 241 g/mol. The Morgan fingerprint density at radius 3 is 1.93 bits per heavy atom. The molecule has 0 fully saturated rings. The highest BCUT2D eigenvalue weighted by molar-refractivity contribution is 6.18. The second-order valence-corrected chi connectivity index (χ2v) is 4.51. The molecule has 0 aromatic heterocycles. The molecule has 0 rings (SSSR count). The zero-order valence-electron chi connectivity index (χ0n) is 9.26. The van der Waals surface area contributed by atoms with Crippen molar-refractivity contribution < 1.29 is 5.11 Å². The number of alkyl halides is 2. The van der Waals surface area contributed by atoms with Gasteiger partial charge in [0.2, 0.25) is 0 Å². The maximum Gasteiger partial charge on any atom is 0.0692 e. The van der Waals surface area contributed by atoms with Crippen LogP contribution in [0.1, 0.15) is 27.2 Å². The minimum absolute atomic E-state index is 0.218. The van der Waals surface area contributed by atoms with Gasteiger partial charge in [-0.1, -0.05) is 6.92 Å². The van der Waals surface area contributed by atoms with E-state index in [1.54, 1.807) is 0 Å². The molecule has 86 valence electrons. The van der Waals surface area contributed by atoms with Crippen molar-refractivity contribution in [2.75, 3.05) is 24.8 Å². The summed E-state index contributed by atoms with van der Waals surface area (Å²) in [6.45, 7) is 7.48. The van der Waals surface area contributed by atoms with Crippen LogP contribution in [-0.4, -0.2) is 46.5 Å². The molecule has 0 heterocycles. The van der Waals surface area contributed by atoms with Gasteiger partial charge in [-0.3, -0.25) is 4.90 Å². The molecule has 0 saturated carbocycles. The molecule has 0 aliphatic rings. The fourth-order valence-corrected chi connectivity index (χ4v) is 2.02. The lowest BCUT2D eigenvalue weighted by molar-refractivity contribution is -0.00812. The number of nitrogens with zero attached hydrogens (tertiary/aromatic N) is 1. The quantitative estimate of drug-likeness (QED) is 0.692. The Bertz CT molecular complexity index is 149. The first-order valence-electron chi connectivity index (χ1n) is 5.08. The van der Waals surface area contributed by atoms with E-state index >= 15 is 0 Å². The van der Waals surface area contributed by atoms with Gasteiger partial charge >= 0.3 is 0 Å². The van der Waals surface area contributed by atoms with Gasteiger partial charge in [0.15, 0.2) is 0 Å². The summed E-state index contributed by atoms with van der Waals surface area (Å²) in [5, 5.41) is 9.77. The fourth-order valence-electron chi connectivity index (χ4n) is 1.61. The van der Waals surface area contributed by atoms with Crippen molar-refractivity contribution in [1.82, 2.24) is 4.90 Å². The summed E-state index contributed by atoms with van der Waals surface area (Å²) in [4.78, 5) is 2.16. The largest absolute Gasteiger partial charge is 0.391 e. The lowest BCUT2D eigenvalue weighted by Crippen LogP contribution is -2.54. The molecule has 1 N–H and O–H groups in total. The van der Waals surface area contributed by atoms with E-state index in [0.29, 0.717) is 11.8 Å². The predicted molar refractivity (Wildman–Crippen MR) is 63.4 cm³/mol. The van der Waals surface area contributed by atoms with Gasteiger partial charge in [-0.25, -0.2) is 0 Å². The first kappa shape index (κ1) is 14.5. The Morgan fingerprint density at radius 1 is 1.29 bits per heavy atom. The van der Waals surface area contributed by atoms with E-state index in [-0.39, 0.29) is 11.6 Å². The summed E-state index contributed by atoms with van der Waals surface area (Å²) in [5.41, 5.74) is -0.218. The molecular formula is C10H21Cl2NO. The number of halogens is 2. The van der Waals surface area contributed by atoms with Gasteiger partial charge in [-0.15, -0.1) is 23.2 Å². The maximum atomic E-state index is 9.77. The smallest absolute Gasteiger partial charge is 0.0692 e. The van der Waals surface area contributed by atoms with Gasteiger partial charge in [0.25, 0.3) is 0 Å². The standard InChI is InChI=1S/C10H21Cl2NO/c1-4-10(3,9(2)14)13(7-5-11)8-6-12/h9,14H,4-8H2,1-3H3/t9?,10-/m1/s1. The highest BCUT2D eigenvalue weighted by Crippen LogP contribution is 2.23. The lowest BCUT2D eigenvalue weighted by atomic mass is 9.90. The molecule has 0 aromatic carbocycles. The Hall–Kier alpha value is 0.500. The SMILES string of the molecule is CC[C@](C)(C(C)O)N(CCCl)CCCl. The van der Waals surface area contributed by atoms with E-state index in [2.05, 4.69) is 18.7 Å². The zero-order chi connectivity index (χ0) is 11.2. The summed E-state index contributed by atoms with van der Waals surface area (Å²) in [6, 6.07) is 0. The van der Waals surface area contributed by atoms with E-state index in [1.807, 2.05) is 6.92 Å². The van der Waals surface area contributed by atoms with Gasteiger partial charge in [0.1, 0.15) is 0 Å². The molecule has 0 aliphatic carbocycles.